The van der Waals surface area contributed by atoms with E-state index in [2.05, 4.69) is 17.8 Å². The Bertz CT molecular complexity index is 668. The van der Waals surface area contributed by atoms with Gasteiger partial charge < -0.3 is 14.4 Å². The van der Waals surface area contributed by atoms with Crippen LogP contribution in [0.4, 0.5) is 4.79 Å². The number of ether oxygens (including phenoxy) is 2. The van der Waals surface area contributed by atoms with Crippen molar-refractivity contribution >= 4 is 17.9 Å². The van der Waals surface area contributed by atoms with Crippen LogP contribution < -0.4 is 15.6 Å². The Morgan fingerprint density at radius 1 is 1.00 bits per heavy atom. The summed E-state index contributed by atoms with van der Waals surface area (Å²) in [5.74, 6) is -0.312. The molecule has 8 heteroatoms. The van der Waals surface area contributed by atoms with Crippen LogP contribution in [0.25, 0.3) is 0 Å². The number of rotatable bonds is 9. The SMILES string of the molecule is CCCCCCOc1ccc(C(=O)NNC(=O)CN(C)C(=O)OC(C)(C)C)cc1. The number of nitrogens with one attached hydrogen (secondary N) is 2. The Balaban J connectivity index is 2.38. The van der Waals surface area contributed by atoms with Crippen molar-refractivity contribution < 1.29 is 23.9 Å². The van der Waals surface area contributed by atoms with Gasteiger partial charge in [-0.05, 0) is 51.5 Å². The van der Waals surface area contributed by atoms with Crippen LogP contribution in [0.5, 0.6) is 5.75 Å². The molecule has 0 unspecified atom stereocenters. The van der Waals surface area contributed by atoms with Crippen LogP contribution in [0.1, 0.15) is 63.7 Å². The van der Waals surface area contributed by atoms with E-state index in [1.807, 2.05) is 0 Å². The highest BCUT2D eigenvalue weighted by Crippen LogP contribution is 2.13. The Kier molecular flexibility index (Phi) is 9.99. The van der Waals surface area contributed by atoms with E-state index in [-0.39, 0.29) is 6.54 Å². The Morgan fingerprint density at radius 3 is 2.24 bits per heavy atom. The van der Waals surface area contributed by atoms with E-state index in [0.29, 0.717) is 17.9 Å². The first kappa shape index (κ1) is 24.3. The van der Waals surface area contributed by atoms with E-state index in [1.165, 1.54) is 19.9 Å². The molecule has 0 heterocycles. The number of nitrogens with zero attached hydrogens (tertiary/aromatic N) is 1. The fourth-order valence-corrected chi connectivity index (χ4v) is 2.28. The van der Waals surface area contributed by atoms with Gasteiger partial charge >= 0.3 is 6.09 Å². The molecule has 0 bridgehead atoms. The van der Waals surface area contributed by atoms with Gasteiger partial charge in [0.1, 0.15) is 17.9 Å². The summed E-state index contributed by atoms with van der Waals surface area (Å²) in [6, 6.07) is 6.67. The molecule has 2 N–H and O–H groups in total. The highest BCUT2D eigenvalue weighted by atomic mass is 16.6. The predicted octanol–water partition coefficient (Wildman–Crippen LogP) is 3.27. The fourth-order valence-electron chi connectivity index (χ4n) is 2.28. The largest absolute Gasteiger partial charge is 0.494 e. The van der Waals surface area contributed by atoms with Crippen LogP contribution in [-0.2, 0) is 9.53 Å². The first-order valence-corrected chi connectivity index (χ1v) is 9.88. The molecule has 1 rings (SSSR count). The summed E-state index contributed by atoms with van der Waals surface area (Å²) in [6.45, 7) is 7.77. The second-order valence-electron chi connectivity index (χ2n) is 7.77. The van der Waals surface area contributed by atoms with Gasteiger partial charge in [0.25, 0.3) is 11.8 Å². The van der Waals surface area contributed by atoms with Crippen LogP contribution >= 0.6 is 0 Å². The van der Waals surface area contributed by atoms with E-state index < -0.39 is 23.5 Å². The number of benzene rings is 1. The Hall–Kier alpha value is -2.77. The van der Waals surface area contributed by atoms with E-state index in [9.17, 15) is 14.4 Å². The molecule has 0 aliphatic heterocycles. The van der Waals surface area contributed by atoms with Crippen molar-refractivity contribution in [1.29, 1.82) is 0 Å². The zero-order valence-electron chi connectivity index (χ0n) is 18.0. The molecule has 0 saturated heterocycles. The highest BCUT2D eigenvalue weighted by molar-refractivity contribution is 5.95. The van der Waals surface area contributed by atoms with Gasteiger partial charge in [0.2, 0.25) is 0 Å². The van der Waals surface area contributed by atoms with Gasteiger partial charge in [-0.25, -0.2) is 4.79 Å². The molecule has 0 saturated carbocycles. The summed E-state index contributed by atoms with van der Waals surface area (Å²) in [5.41, 5.74) is 4.33. The number of hydrogen-bond donors (Lipinski definition) is 2. The fraction of sp³-hybridized carbons (Fsp3) is 0.571. The molecule has 162 valence electrons. The number of likely N-dealkylation sites (N-methyl/N-ethyl adjacent to an activating group) is 1. The third-order valence-corrected chi connectivity index (χ3v) is 3.78. The summed E-state index contributed by atoms with van der Waals surface area (Å²) >= 11 is 0. The van der Waals surface area contributed by atoms with Crippen molar-refractivity contribution in [2.75, 3.05) is 20.2 Å². The molecule has 0 aromatic heterocycles. The molecule has 0 radical (unpaired) electrons. The maximum atomic E-state index is 12.1. The summed E-state index contributed by atoms with van der Waals surface area (Å²) in [5, 5.41) is 0. The van der Waals surface area contributed by atoms with Crippen molar-refractivity contribution in [1.82, 2.24) is 15.8 Å². The summed E-state index contributed by atoms with van der Waals surface area (Å²) in [6.07, 6.45) is 3.89. The molecule has 1 aromatic carbocycles. The lowest BCUT2D eigenvalue weighted by Crippen LogP contribution is -2.47. The van der Waals surface area contributed by atoms with Crippen molar-refractivity contribution in [2.24, 2.45) is 0 Å². The first-order chi connectivity index (χ1) is 13.6. The zero-order chi connectivity index (χ0) is 21.9. The lowest BCUT2D eigenvalue weighted by atomic mass is 10.2. The van der Waals surface area contributed by atoms with Crippen molar-refractivity contribution in [3.05, 3.63) is 29.8 Å². The van der Waals surface area contributed by atoms with Gasteiger partial charge in [-0.1, -0.05) is 26.2 Å². The average Bonchev–Trinajstić information content (AvgIpc) is 2.65. The van der Waals surface area contributed by atoms with E-state index in [4.69, 9.17) is 9.47 Å². The molecular formula is C21H33N3O5. The van der Waals surface area contributed by atoms with E-state index in [0.717, 1.165) is 17.7 Å². The number of unbranched alkanes of at least 4 members (excludes halogenated alkanes) is 3. The van der Waals surface area contributed by atoms with Gasteiger partial charge in [0.05, 0.1) is 6.61 Å². The first-order valence-electron chi connectivity index (χ1n) is 9.88. The summed E-state index contributed by atoms with van der Waals surface area (Å²) in [4.78, 5) is 37.0. The quantitative estimate of drug-likeness (QED) is 0.484. The Labute approximate surface area is 172 Å². The predicted molar refractivity (Wildman–Crippen MR) is 111 cm³/mol. The monoisotopic (exact) mass is 407 g/mol. The van der Waals surface area contributed by atoms with E-state index in [1.54, 1.807) is 45.0 Å². The maximum absolute atomic E-state index is 12.1. The minimum Gasteiger partial charge on any atom is -0.494 e. The second kappa shape index (κ2) is 11.9. The van der Waals surface area contributed by atoms with Crippen LogP contribution in [0, 0.1) is 0 Å². The van der Waals surface area contributed by atoms with Gasteiger partial charge in [-0.3, -0.25) is 20.4 Å². The van der Waals surface area contributed by atoms with Crippen LogP contribution in [-0.4, -0.2) is 48.6 Å². The zero-order valence-corrected chi connectivity index (χ0v) is 18.0. The molecule has 8 nitrogen and oxygen atoms in total. The van der Waals surface area contributed by atoms with Crippen molar-refractivity contribution in [2.45, 2.75) is 59.0 Å². The van der Waals surface area contributed by atoms with Crippen LogP contribution in [0.3, 0.4) is 0 Å². The highest BCUT2D eigenvalue weighted by Gasteiger charge is 2.21. The molecule has 29 heavy (non-hydrogen) atoms. The smallest absolute Gasteiger partial charge is 0.410 e. The lowest BCUT2D eigenvalue weighted by molar-refractivity contribution is -0.122. The molecule has 1 aromatic rings. The molecule has 0 atom stereocenters. The normalized spacial score (nSPS) is 10.8. The standard InChI is InChI=1S/C21H33N3O5/c1-6-7-8-9-14-28-17-12-10-16(11-13-17)19(26)23-22-18(25)15-24(5)20(27)29-21(2,3)4/h10-13H,6-9,14-15H2,1-5H3,(H,22,25)(H,23,26). The molecule has 3 amide bonds. The molecular weight excluding hydrogens is 374 g/mol. The van der Waals surface area contributed by atoms with Gasteiger partial charge in [-0.15, -0.1) is 0 Å². The minimum atomic E-state index is -0.651. The molecule has 0 spiro atoms. The average molecular weight is 408 g/mol. The number of hydrazine groups is 1. The molecule has 0 aliphatic carbocycles. The van der Waals surface area contributed by atoms with Crippen molar-refractivity contribution in [3.8, 4) is 5.75 Å². The van der Waals surface area contributed by atoms with Gasteiger partial charge in [-0.2, -0.15) is 0 Å². The second-order valence-corrected chi connectivity index (χ2v) is 7.77. The topological polar surface area (TPSA) is 97.0 Å². The molecule has 0 aliphatic rings. The van der Waals surface area contributed by atoms with Crippen LogP contribution in [0.15, 0.2) is 24.3 Å². The summed E-state index contributed by atoms with van der Waals surface area (Å²) < 4.78 is 10.8. The third-order valence-electron chi connectivity index (χ3n) is 3.78. The number of amides is 3. The van der Waals surface area contributed by atoms with Crippen molar-refractivity contribution in [3.63, 3.8) is 0 Å². The third kappa shape index (κ3) is 10.4. The van der Waals surface area contributed by atoms with Gasteiger partial charge in [0.15, 0.2) is 0 Å². The maximum Gasteiger partial charge on any atom is 0.410 e. The van der Waals surface area contributed by atoms with Gasteiger partial charge in [0, 0.05) is 12.6 Å². The minimum absolute atomic E-state index is 0.250. The number of hydrogen-bond acceptors (Lipinski definition) is 5. The number of carbonyl (C=O) groups is 3. The Morgan fingerprint density at radius 2 is 1.66 bits per heavy atom. The summed E-state index contributed by atoms with van der Waals surface area (Å²) in [7, 11) is 1.44. The number of carbonyl (C=O) groups excluding carboxylic acids is 3. The lowest BCUT2D eigenvalue weighted by Gasteiger charge is -2.24. The van der Waals surface area contributed by atoms with E-state index >= 15 is 0 Å². The van der Waals surface area contributed by atoms with Crippen LogP contribution in [0.2, 0.25) is 0 Å². The molecule has 0 fully saturated rings.